The number of carbonyl (C=O) groups is 1. The molecule has 1 saturated carbocycles. The largest absolute Gasteiger partial charge is 0.325 e. The summed E-state index contributed by atoms with van der Waals surface area (Å²) in [4.78, 5) is 12.3. The zero-order valence-corrected chi connectivity index (χ0v) is 13.7. The maximum absolute atomic E-state index is 12.3. The van der Waals surface area contributed by atoms with Crippen LogP contribution in [0.5, 0.6) is 0 Å². The molecular formula is C16H22ClNOS. The molecule has 0 aliphatic heterocycles. The zero-order chi connectivity index (χ0) is 14.5. The van der Waals surface area contributed by atoms with E-state index in [2.05, 4.69) is 5.32 Å². The SMILES string of the molecule is Cc1c(Cl)cccc1NC(=O)C(C)SC1CCCCC1. The molecule has 0 bridgehead atoms. The second-order valence-electron chi connectivity index (χ2n) is 5.44. The minimum Gasteiger partial charge on any atom is -0.325 e. The summed E-state index contributed by atoms with van der Waals surface area (Å²) in [6.07, 6.45) is 6.45. The molecule has 1 atom stereocenters. The first kappa shape index (κ1) is 15.7. The van der Waals surface area contributed by atoms with E-state index < -0.39 is 0 Å². The molecule has 0 aromatic heterocycles. The average molecular weight is 312 g/mol. The summed E-state index contributed by atoms with van der Waals surface area (Å²) in [7, 11) is 0. The minimum absolute atomic E-state index is 0.0171. The standard InChI is InChI=1S/C16H22ClNOS/c1-11-14(17)9-6-10-15(11)18-16(19)12(2)20-13-7-4-3-5-8-13/h6,9-10,12-13H,3-5,7-8H2,1-2H3,(H,18,19). The summed E-state index contributed by atoms with van der Waals surface area (Å²) >= 11 is 7.89. The van der Waals surface area contributed by atoms with E-state index in [1.165, 1.54) is 32.1 Å². The van der Waals surface area contributed by atoms with Crippen molar-refractivity contribution < 1.29 is 4.79 Å². The van der Waals surface area contributed by atoms with E-state index in [0.717, 1.165) is 11.3 Å². The fraction of sp³-hybridized carbons (Fsp3) is 0.562. The maximum Gasteiger partial charge on any atom is 0.237 e. The van der Waals surface area contributed by atoms with Crippen LogP contribution >= 0.6 is 23.4 Å². The summed E-state index contributed by atoms with van der Waals surface area (Å²) in [6, 6.07) is 5.60. The van der Waals surface area contributed by atoms with Gasteiger partial charge < -0.3 is 5.32 Å². The van der Waals surface area contributed by atoms with E-state index in [-0.39, 0.29) is 11.2 Å². The number of amides is 1. The quantitative estimate of drug-likeness (QED) is 0.844. The van der Waals surface area contributed by atoms with E-state index in [4.69, 9.17) is 11.6 Å². The Labute approximate surface area is 130 Å². The van der Waals surface area contributed by atoms with Gasteiger partial charge in [0.1, 0.15) is 0 Å². The first-order valence-corrected chi connectivity index (χ1v) is 8.61. The molecule has 1 amide bonds. The van der Waals surface area contributed by atoms with Crippen LogP contribution < -0.4 is 5.32 Å². The molecule has 20 heavy (non-hydrogen) atoms. The summed E-state index contributed by atoms with van der Waals surface area (Å²) in [5.41, 5.74) is 1.75. The Bertz CT molecular complexity index is 472. The monoisotopic (exact) mass is 311 g/mol. The first-order chi connectivity index (χ1) is 9.58. The number of thioether (sulfide) groups is 1. The molecule has 1 aromatic rings. The Hall–Kier alpha value is -0.670. The van der Waals surface area contributed by atoms with Crippen LogP contribution in [0.15, 0.2) is 18.2 Å². The number of anilines is 1. The predicted octanol–water partition coefficient (Wildman–Crippen LogP) is 5.04. The Kier molecular flexibility index (Phi) is 5.79. The fourth-order valence-corrected chi connectivity index (χ4v) is 4.07. The Balaban J connectivity index is 1.91. The summed E-state index contributed by atoms with van der Waals surface area (Å²) in [6.45, 7) is 3.92. The summed E-state index contributed by atoms with van der Waals surface area (Å²) in [5.74, 6) is 0.0749. The third kappa shape index (κ3) is 4.16. The highest BCUT2D eigenvalue weighted by molar-refractivity contribution is 8.01. The number of halogens is 1. The molecule has 0 saturated heterocycles. The molecule has 1 aromatic carbocycles. The van der Waals surface area contributed by atoms with Crippen LogP contribution in [0.1, 0.15) is 44.6 Å². The van der Waals surface area contributed by atoms with Gasteiger partial charge in [-0.2, -0.15) is 0 Å². The van der Waals surface area contributed by atoms with Crippen LogP contribution in [0.25, 0.3) is 0 Å². The number of rotatable bonds is 4. The van der Waals surface area contributed by atoms with Crippen LogP contribution in [-0.2, 0) is 4.79 Å². The third-order valence-electron chi connectivity index (χ3n) is 3.84. The van der Waals surface area contributed by atoms with Crippen molar-refractivity contribution >= 4 is 35.0 Å². The molecule has 0 spiro atoms. The number of carbonyl (C=O) groups excluding carboxylic acids is 1. The van der Waals surface area contributed by atoms with Gasteiger partial charge in [0.25, 0.3) is 0 Å². The lowest BCUT2D eigenvalue weighted by Gasteiger charge is -2.24. The van der Waals surface area contributed by atoms with Gasteiger partial charge in [-0.1, -0.05) is 36.9 Å². The van der Waals surface area contributed by atoms with Crippen molar-refractivity contribution in [2.24, 2.45) is 0 Å². The van der Waals surface area contributed by atoms with Gasteiger partial charge in [-0.05, 0) is 44.4 Å². The van der Waals surface area contributed by atoms with E-state index in [1.807, 2.05) is 43.8 Å². The molecule has 1 aliphatic carbocycles. The van der Waals surface area contributed by atoms with Crippen molar-refractivity contribution in [3.63, 3.8) is 0 Å². The minimum atomic E-state index is -0.0171. The van der Waals surface area contributed by atoms with Gasteiger partial charge in [-0.3, -0.25) is 4.79 Å². The highest BCUT2D eigenvalue weighted by Gasteiger charge is 2.21. The predicted molar refractivity (Wildman–Crippen MR) is 88.7 cm³/mol. The van der Waals surface area contributed by atoms with Gasteiger partial charge in [-0.15, -0.1) is 11.8 Å². The second-order valence-corrected chi connectivity index (χ2v) is 7.49. The molecule has 0 radical (unpaired) electrons. The average Bonchev–Trinajstić information content (AvgIpc) is 2.45. The van der Waals surface area contributed by atoms with Crippen molar-refractivity contribution in [2.45, 2.75) is 56.5 Å². The first-order valence-electron chi connectivity index (χ1n) is 7.29. The van der Waals surface area contributed by atoms with Gasteiger partial charge in [0.05, 0.1) is 5.25 Å². The molecule has 1 unspecified atom stereocenters. The van der Waals surface area contributed by atoms with Crippen LogP contribution in [0.3, 0.4) is 0 Å². The van der Waals surface area contributed by atoms with E-state index in [9.17, 15) is 4.79 Å². The Morgan fingerprint density at radius 1 is 1.35 bits per heavy atom. The number of hydrogen-bond acceptors (Lipinski definition) is 2. The van der Waals surface area contributed by atoms with Gasteiger partial charge >= 0.3 is 0 Å². The van der Waals surface area contributed by atoms with E-state index >= 15 is 0 Å². The smallest absolute Gasteiger partial charge is 0.237 e. The van der Waals surface area contributed by atoms with Crippen molar-refractivity contribution in [2.75, 3.05) is 5.32 Å². The van der Waals surface area contributed by atoms with Gasteiger partial charge in [0, 0.05) is 16.0 Å². The zero-order valence-electron chi connectivity index (χ0n) is 12.1. The fourth-order valence-electron chi connectivity index (χ4n) is 2.53. The maximum atomic E-state index is 12.3. The molecule has 1 N–H and O–H groups in total. The highest BCUT2D eigenvalue weighted by atomic mass is 35.5. The van der Waals surface area contributed by atoms with Crippen molar-refractivity contribution in [1.82, 2.24) is 0 Å². The molecule has 110 valence electrons. The molecule has 2 rings (SSSR count). The summed E-state index contributed by atoms with van der Waals surface area (Å²) < 4.78 is 0. The van der Waals surface area contributed by atoms with Gasteiger partial charge in [0.15, 0.2) is 0 Å². The number of nitrogens with one attached hydrogen (secondary N) is 1. The molecule has 2 nitrogen and oxygen atoms in total. The second kappa shape index (κ2) is 7.37. The molecule has 4 heteroatoms. The van der Waals surface area contributed by atoms with E-state index in [0.29, 0.717) is 10.3 Å². The van der Waals surface area contributed by atoms with Gasteiger partial charge in [-0.25, -0.2) is 0 Å². The number of benzene rings is 1. The molecular weight excluding hydrogens is 290 g/mol. The van der Waals surface area contributed by atoms with E-state index in [1.54, 1.807) is 0 Å². The Morgan fingerprint density at radius 3 is 2.75 bits per heavy atom. The lowest BCUT2D eigenvalue weighted by molar-refractivity contribution is -0.115. The van der Waals surface area contributed by atoms with Crippen molar-refractivity contribution in [1.29, 1.82) is 0 Å². The van der Waals surface area contributed by atoms with Gasteiger partial charge in [0.2, 0.25) is 5.91 Å². The van der Waals surface area contributed by atoms with Crippen molar-refractivity contribution in [3.8, 4) is 0 Å². The lowest BCUT2D eigenvalue weighted by Crippen LogP contribution is -2.25. The third-order valence-corrected chi connectivity index (χ3v) is 5.73. The highest BCUT2D eigenvalue weighted by Crippen LogP contribution is 2.31. The normalized spacial score (nSPS) is 17.8. The number of hydrogen-bond donors (Lipinski definition) is 1. The van der Waals surface area contributed by atoms with Crippen LogP contribution in [0, 0.1) is 6.92 Å². The molecule has 0 heterocycles. The van der Waals surface area contributed by atoms with Crippen molar-refractivity contribution in [3.05, 3.63) is 28.8 Å². The Morgan fingerprint density at radius 2 is 2.05 bits per heavy atom. The lowest BCUT2D eigenvalue weighted by atomic mass is 10.0. The topological polar surface area (TPSA) is 29.1 Å². The summed E-state index contributed by atoms with van der Waals surface area (Å²) in [5, 5.41) is 4.31. The molecule has 1 aliphatic rings. The van der Waals surface area contributed by atoms with Crippen LogP contribution in [0.2, 0.25) is 5.02 Å². The molecule has 1 fully saturated rings. The van der Waals surface area contributed by atoms with Crippen LogP contribution in [-0.4, -0.2) is 16.4 Å². The van der Waals surface area contributed by atoms with Crippen LogP contribution in [0.4, 0.5) is 5.69 Å².